The summed E-state index contributed by atoms with van der Waals surface area (Å²) < 4.78 is 1.85. The summed E-state index contributed by atoms with van der Waals surface area (Å²) in [5, 5.41) is 14.1. The molecule has 0 atom stereocenters. The highest BCUT2D eigenvalue weighted by Gasteiger charge is 2.31. The fourth-order valence-electron chi connectivity index (χ4n) is 2.68. The number of aryl methyl sites for hydroxylation is 1. The summed E-state index contributed by atoms with van der Waals surface area (Å²) in [4.78, 5) is 15.4. The molecule has 0 N–H and O–H groups in total. The fourth-order valence-corrected chi connectivity index (χ4v) is 2.68. The molecule has 0 aliphatic carbocycles. The minimum atomic E-state index is 0.268. The van der Waals surface area contributed by atoms with E-state index in [1.807, 2.05) is 23.7 Å². The molecule has 1 aliphatic heterocycles. The van der Waals surface area contributed by atoms with Crippen molar-refractivity contribution in [3.05, 3.63) is 42.1 Å². The molecule has 7 heteroatoms. The number of nitriles is 1. The molecule has 1 aliphatic rings. The summed E-state index contributed by atoms with van der Waals surface area (Å²) in [6, 6.07) is 6.26. The maximum absolute atomic E-state index is 8.86. The molecule has 22 heavy (non-hydrogen) atoms. The topological polar surface area (TPSA) is 83.5 Å². The molecule has 4 heterocycles. The van der Waals surface area contributed by atoms with Crippen molar-refractivity contribution in [2.45, 2.75) is 13.0 Å². The van der Waals surface area contributed by atoms with Crippen LogP contribution in [0.1, 0.15) is 17.4 Å². The van der Waals surface area contributed by atoms with E-state index in [0.717, 1.165) is 35.8 Å². The molecule has 0 amide bonds. The first kappa shape index (κ1) is 12.7. The van der Waals surface area contributed by atoms with E-state index in [1.165, 1.54) is 0 Å². The largest absolute Gasteiger partial charge is 0.352 e. The highest BCUT2D eigenvalue weighted by molar-refractivity contribution is 5.87. The maximum Gasteiger partial charge on any atom is 0.164 e. The van der Waals surface area contributed by atoms with Crippen molar-refractivity contribution in [2.24, 2.45) is 0 Å². The van der Waals surface area contributed by atoms with Crippen LogP contribution in [-0.2, 0) is 0 Å². The smallest absolute Gasteiger partial charge is 0.164 e. The molecule has 1 saturated heterocycles. The third-order valence-corrected chi connectivity index (χ3v) is 3.83. The molecular formula is C15H13N7. The quantitative estimate of drug-likeness (QED) is 0.711. The first-order valence-corrected chi connectivity index (χ1v) is 7.03. The number of anilines is 1. The number of hydrogen-bond acceptors (Lipinski definition) is 6. The van der Waals surface area contributed by atoms with Gasteiger partial charge in [0.05, 0.1) is 23.2 Å². The molecule has 3 aromatic rings. The van der Waals surface area contributed by atoms with Crippen LogP contribution in [0.2, 0.25) is 0 Å². The Morgan fingerprint density at radius 2 is 2.18 bits per heavy atom. The minimum Gasteiger partial charge on any atom is -0.352 e. The molecule has 0 bridgehead atoms. The SMILES string of the molecule is Cc1nc(N2CC(n3cc(C#N)cn3)C2)c2cccnc2n1. The van der Waals surface area contributed by atoms with Gasteiger partial charge in [0.1, 0.15) is 17.7 Å². The second kappa shape index (κ2) is 4.77. The van der Waals surface area contributed by atoms with Gasteiger partial charge in [0.25, 0.3) is 0 Å². The molecular weight excluding hydrogens is 278 g/mol. The first-order valence-electron chi connectivity index (χ1n) is 7.03. The van der Waals surface area contributed by atoms with Gasteiger partial charge >= 0.3 is 0 Å². The number of nitrogens with zero attached hydrogens (tertiary/aromatic N) is 7. The van der Waals surface area contributed by atoms with Gasteiger partial charge in [0.2, 0.25) is 0 Å². The van der Waals surface area contributed by atoms with E-state index in [-0.39, 0.29) is 6.04 Å². The lowest BCUT2D eigenvalue weighted by Crippen LogP contribution is -2.48. The van der Waals surface area contributed by atoms with Crippen molar-refractivity contribution in [2.75, 3.05) is 18.0 Å². The second-order valence-corrected chi connectivity index (χ2v) is 5.35. The van der Waals surface area contributed by atoms with Crippen LogP contribution in [0.25, 0.3) is 11.0 Å². The average molecular weight is 291 g/mol. The number of fused-ring (bicyclic) bond motifs is 1. The van der Waals surface area contributed by atoms with E-state index in [2.05, 4.69) is 31.0 Å². The molecule has 7 nitrogen and oxygen atoms in total. The van der Waals surface area contributed by atoms with Crippen molar-refractivity contribution >= 4 is 16.9 Å². The first-order chi connectivity index (χ1) is 10.7. The van der Waals surface area contributed by atoms with E-state index in [4.69, 9.17) is 5.26 Å². The molecule has 0 aromatic carbocycles. The monoisotopic (exact) mass is 291 g/mol. The van der Waals surface area contributed by atoms with Crippen molar-refractivity contribution in [1.82, 2.24) is 24.7 Å². The highest BCUT2D eigenvalue weighted by Crippen LogP contribution is 2.30. The Morgan fingerprint density at radius 1 is 1.32 bits per heavy atom. The predicted molar refractivity (Wildman–Crippen MR) is 80.3 cm³/mol. The Morgan fingerprint density at radius 3 is 2.95 bits per heavy atom. The lowest BCUT2D eigenvalue weighted by atomic mass is 10.1. The van der Waals surface area contributed by atoms with Crippen LogP contribution in [0.4, 0.5) is 5.82 Å². The second-order valence-electron chi connectivity index (χ2n) is 5.35. The van der Waals surface area contributed by atoms with E-state index in [9.17, 15) is 0 Å². The predicted octanol–water partition coefficient (Wildman–Crippen LogP) is 1.46. The molecule has 0 saturated carbocycles. The molecule has 0 radical (unpaired) electrons. The van der Waals surface area contributed by atoms with Crippen molar-refractivity contribution in [3.63, 3.8) is 0 Å². The molecule has 4 rings (SSSR count). The Labute approximate surface area is 126 Å². The molecule has 1 fully saturated rings. The van der Waals surface area contributed by atoms with E-state index < -0.39 is 0 Å². The highest BCUT2D eigenvalue weighted by atomic mass is 15.4. The summed E-state index contributed by atoms with van der Waals surface area (Å²) >= 11 is 0. The summed E-state index contributed by atoms with van der Waals surface area (Å²) in [5.41, 5.74) is 1.31. The Bertz CT molecular complexity index is 886. The summed E-state index contributed by atoms with van der Waals surface area (Å²) in [5.74, 6) is 1.63. The third-order valence-electron chi connectivity index (χ3n) is 3.83. The van der Waals surface area contributed by atoms with Gasteiger partial charge in [0.15, 0.2) is 5.65 Å². The van der Waals surface area contributed by atoms with Gasteiger partial charge < -0.3 is 4.90 Å². The third kappa shape index (κ3) is 1.97. The van der Waals surface area contributed by atoms with Gasteiger partial charge in [-0.25, -0.2) is 15.0 Å². The van der Waals surface area contributed by atoms with Crippen LogP contribution in [0, 0.1) is 18.3 Å². The standard InChI is InChI=1S/C15H13N7/c1-10-19-14-13(3-2-4-17-14)15(20-10)21-8-12(9-21)22-7-11(5-16)6-18-22/h2-4,6-7,12H,8-9H2,1H3. The van der Waals surface area contributed by atoms with Crippen molar-refractivity contribution in [3.8, 4) is 6.07 Å². The number of pyridine rings is 1. The zero-order valence-electron chi connectivity index (χ0n) is 12.0. The van der Waals surface area contributed by atoms with E-state index in [1.54, 1.807) is 18.6 Å². The van der Waals surface area contributed by atoms with E-state index in [0.29, 0.717) is 5.56 Å². The van der Waals surface area contributed by atoms with Crippen LogP contribution in [0.15, 0.2) is 30.7 Å². The Balaban J connectivity index is 1.61. The fraction of sp³-hybridized carbons (Fsp3) is 0.267. The van der Waals surface area contributed by atoms with Crippen LogP contribution in [0.5, 0.6) is 0 Å². The average Bonchev–Trinajstić information content (AvgIpc) is 2.94. The zero-order valence-corrected chi connectivity index (χ0v) is 12.0. The lowest BCUT2D eigenvalue weighted by molar-refractivity contribution is 0.366. The van der Waals surface area contributed by atoms with Crippen LogP contribution in [-0.4, -0.2) is 37.8 Å². The summed E-state index contributed by atoms with van der Waals surface area (Å²) in [6.07, 6.45) is 5.12. The molecule has 108 valence electrons. The van der Waals surface area contributed by atoms with E-state index >= 15 is 0 Å². The van der Waals surface area contributed by atoms with Gasteiger partial charge in [-0.05, 0) is 19.1 Å². The van der Waals surface area contributed by atoms with Gasteiger partial charge in [0, 0.05) is 25.5 Å². The normalized spacial score (nSPS) is 14.8. The lowest BCUT2D eigenvalue weighted by Gasteiger charge is -2.40. The van der Waals surface area contributed by atoms with Crippen LogP contribution >= 0.6 is 0 Å². The van der Waals surface area contributed by atoms with Crippen molar-refractivity contribution in [1.29, 1.82) is 5.26 Å². The minimum absolute atomic E-state index is 0.268. The molecule has 3 aromatic heterocycles. The Hall–Kier alpha value is -3.01. The zero-order chi connectivity index (χ0) is 15.1. The van der Waals surface area contributed by atoms with Gasteiger partial charge in [-0.1, -0.05) is 0 Å². The van der Waals surface area contributed by atoms with Gasteiger partial charge in [-0.3, -0.25) is 4.68 Å². The number of hydrogen-bond donors (Lipinski definition) is 0. The molecule has 0 unspecified atom stereocenters. The molecule has 0 spiro atoms. The van der Waals surface area contributed by atoms with Crippen LogP contribution in [0.3, 0.4) is 0 Å². The van der Waals surface area contributed by atoms with Crippen LogP contribution < -0.4 is 4.90 Å². The Kier molecular flexibility index (Phi) is 2.76. The number of rotatable bonds is 2. The van der Waals surface area contributed by atoms with Crippen molar-refractivity contribution < 1.29 is 0 Å². The summed E-state index contributed by atoms with van der Waals surface area (Å²) in [6.45, 7) is 3.50. The summed E-state index contributed by atoms with van der Waals surface area (Å²) in [7, 11) is 0. The van der Waals surface area contributed by atoms with Gasteiger partial charge in [-0.2, -0.15) is 10.4 Å². The number of aromatic nitrogens is 5. The maximum atomic E-state index is 8.86. The van der Waals surface area contributed by atoms with Gasteiger partial charge in [-0.15, -0.1) is 0 Å².